The Balaban J connectivity index is 2.24. The minimum absolute atomic E-state index is 0.121. The number of hydrogen-bond donors (Lipinski definition) is 1. The minimum Gasteiger partial charge on any atom is -0.366 e. The van der Waals surface area contributed by atoms with Gasteiger partial charge in [0.1, 0.15) is 0 Å². The lowest BCUT2D eigenvalue weighted by Gasteiger charge is -2.32. The number of halogens is 3. The molecule has 1 aliphatic rings. The summed E-state index contributed by atoms with van der Waals surface area (Å²) in [6.45, 7) is 3.35. The van der Waals surface area contributed by atoms with Gasteiger partial charge in [-0.15, -0.1) is 0 Å². The minimum atomic E-state index is -4.49. The number of piperazine rings is 1. The number of nitrogens with two attached hydrogens (primary N) is 1. The molecular weight excluding hydrogens is 283 g/mol. The average Bonchev–Trinajstić information content (AvgIpc) is 2.40. The van der Waals surface area contributed by atoms with Crippen LogP contribution in [-0.4, -0.2) is 48.9 Å². The maximum atomic E-state index is 13.1. The molecule has 0 atom stereocenters. The van der Waals surface area contributed by atoms with Crippen LogP contribution in [0.15, 0.2) is 18.2 Å². The molecule has 0 unspecified atom stereocenters. The third-order valence-electron chi connectivity index (χ3n) is 3.69. The molecule has 1 amide bonds. The summed E-state index contributed by atoms with van der Waals surface area (Å²) >= 11 is 0. The molecule has 1 fully saturated rings. The van der Waals surface area contributed by atoms with E-state index in [9.17, 15) is 18.0 Å². The number of rotatable bonds is 3. The van der Waals surface area contributed by atoms with Crippen molar-refractivity contribution in [2.45, 2.75) is 12.7 Å². The Morgan fingerprint density at radius 1 is 1.24 bits per heavy atom. The largest absolute Gasteiger partial charge is 0.416 e. The second-order valence-corrected chi connectivity index (χ2v) is 5.31. The monoisotopic (exact) mass is 301 g/mol. The van der Waals surface area contributed by atoms with Gasteiger partial charge >= 0.3 is 6.18 Å². The van der Waals surface area contributed by atoms with Crippen LogP contribution in [0.1, 0.15) is 21.5 Å². The first kappa shape index (κ1) is 15.8. The van der Waals surface area contributed by atoms with E-state index in [1.54, 1.807) is 0 Å². The van der Waals surface area contributed by atoms with Crippen molar-refractivity contribution in [1.82, 2.24) is 9.80 Å². The number of carbonyl (C=O) groups is 1. The molecule has 1 aromatic rings. The van der Waals surface area contributed by atoms with E-state index in [2.05, 4.69) is 4.90 Å². The summed E-state index contributed by atoms with van der Waals surface area (Å²) in [5.74, 6) is -0.855. The zero-order valence-electron chi connectivity index (χ0n) is 11.8. The molecule has 0 aliphatic carbocycles. The smallest absolute Gasteiger partial charge is 0.366 e. The maximum Gasteiger partial charge on any atom is 0.416 e. The molecule has 116 valence electrons. The van der Waals surface area contributed by atoms with E-state index >= 15 is 0 Å². The predicted octanol–water partition coefficient (Wildman–Crippen LogP) is 1.55. The number of amides is 1. The normalized spacial score (nSPS) is 17.9. The van der Waals surface area contributed by atoms with E-state index in [-0.39, 0.29) is 17.7 Å². The van der Waals surface area contributed by atoms with Crippen LogP contribution in [0.25, 0.3) is 0 Å². The lowest BCUT2D eigenvalue weighted by atomic mass is 10.0. The lowest BCUT2D eigenvalue weighted by molar-refractivity contribution is -0.138. The standard InChI is InChI=1S/C14H18F3N3O/c1-19-4-6-20(7-5-19)9-11-3-2-10(13(18)21)8-12(11)14(15,16)17/h2-3,8H,4-7,9H2,1H3,(H2,18,21). The van der Waals surface area contributed by atoms with E-state index in [0.29, 0.717) is 0 Å². The van der Waals surface area contributed by atoms with Crippen molar-refractivity contribution < 1.29 is 18.0 Å². The predicted molar refractivity (Wildman–Crippen MR) is 72.7 cm³/mol. The van der Waals surface area contributed by atoms with Gasteiger partial charge in [0, 0.05) is 38.3 Å². The number of likely N-dealkylation sites (N-methyl/N-ethyl adjacent to an activating group) is 1. The zero-order chi connectivity index (χ0) is 15.6. The van der Waals surface area contributed by atoms with Crippen molar-refractivity contribution in [3.63, 3.8) is 0 Å². The van der Waals surface area contributed by atoms with Gasteiger partial charge in [-0.2, -0.15) is 13.2 Å². The molecule has 0 saturated carbocycles. The first-order chi connectivity index (χ1) is 9.77. The fraction of sp³-hybridized carbons (Fsp3) is 0.500. The molecule has 7 heteroatoms. The van der Waals surface area contributed by atoms with Crippen LogP contribution in [0, 0.1) is 0 Å². The van der Waals surface area contributed by atoms with Crippen LogP contribution >= 0.6 is 0 Å². The highest BCUT2D eigenvalue weighted by Gasteiger charge is 2.34. The fourth-order valence-electron chi connectivity index (χ4n) is 2.38. The number of benzene rings is 1. The summed E-state index contributed by atoms with van der Waals surface area (Å²) in [5, 5.41) is 0. The Hall–Kier alpha value is -1.60. The molecule has 1 aromatic carbocycles. The number of alkyl halides is 3. The molecule has 21 heavy (non-hydrogen) atoms. The molecule has 1 saturated heterocycles. The van der Waals surface area contributed by atoms with Crippen molar-refractivity contribution in [2.24, 2.45) is 5.73 Å². The number of hydrogen-bond acceptors (Lipinski definition) is 3. The topological polar surface area (TPSA) is 49.6 Å². The van der Waals surface area contributed by atoms with E-state index in [0.717, 1.165) is 32.2 Å². The van der Waals surface area contributed by atoms with Crippen LogP contribution in [0.2, 0.25) is 0 Å². The lowest BCUT2D eigenvalue weighted by Crippen LogP contribution is -2.44. The van der Waals surface area contributed by atoms with E-state index in [1.807, 2.05) is 11.9 Å². The number of nitrogens with zero attached hydrogens (tertiary/aromatic N) is 2. The molecular formula is C14H18F3N3O. The van der Waals surface area contributed by atoms with Crippen molar-refractivity contribution >= 4 is 5.91 Å². The van der Waals surface area contributed by atoms with Gasteiger partial charge in [0.05, 0.1) is 5.56 Å². The van der Waals surface area contributed by atoms with Crippen LogP contribution in [0.5, 0.6) is 0 Å². The third-order valence-corrected chi connectivity index (χ3v) is 3.69. The molecule has 0 radical (unpaired) electrons. The number of carbonyl (C=O) groups excluding carboxylic acids is 1. The van der Waals surface area contributed by atoms with Gasteiger partial charge in [0.15, 0.2) is 0 Å². The Bertz CT molecular complexity index is 523. The van der Waals surface area contributed by atoms with Gasteiger partial charge in [-0.25, -0.2) is 0 Å². The molecule has 2 rings (SSSR count). The SMILES string of the molecule is CN1CCN(Cc2ccc(C(N)=O)cc2C(F)(F)F)CC1. The molecule has 0 aromatic heterocycles. The van der Waals surface area contributed by atoms with Gasteiger partial charge in [-0.1, -0.05) is 6.07 Å². The Morgan fingerprint density at radius 3 is 2.38 bits per heavy atom. The van der Waals surface area contributed by atoms with Crippen LogP contribution in [0.3, 0.4) is 0 Å². The highest BCUT2D eigenvalue weighted by Crippen LogP contribution is 2.33. The van der Waals surface area contributed by atoms with Crippen molar-refractivity contribution in [1.29, 1.82) is 0 Å². The van der Waals surface area contributed by atoms with Gasteiger partial charge in [-0.05, 0) is 24.7 Å². The second kappa shape index (κ2) is 6.03. The molecule has 1 heterocycles. The van der Waals surface area contributed by atoms with E-state index in [1.165, 1.54) is 12.1 Å². The summed E-state index contributed by atoms with van der Waals surface area (Å²) in [7, 11) is 1.99. The van der Waals surface area contributed by atoms with Gasteiger partial charge in [-0.3, -0.25) is 9.69 Å². The van der Waals surface area contributed by atoms with Crippen LogP contribution in [-0.2, 0) is 12.7 Å². The Morgan fingerprint density at radius 2 is 1.86 bits per heavy atom. The zero-order valence-corrected chi connectivity index (χ0v) is 11.8. The summed E-state index contributed by atoms with van der Waals surface area (Å²) in [4.78, 5) is 15.2. The third kappa shape index (κ3) is 3.95. The van der Waals surface area contributed by atoms with Gasteiger partial charge in [0.2, 0.25) is 5.91 Å². The Labute approximate surface area is 121 Å². The van der Waals surface area contributed by atoms with Gasteiger partial charge in [0.25, 0.3) is 0 Å². The van der Waals surface area contributed by atoms with Crippen molar-refractivity contribution in [3.8, 4) is 0 Å². The average molecular weight is 301 g/mol. The first-order valence-corrected chi connectivity index (χ1v) is 6.68. The molecule has 0 bridgehead atoms. The van der Waals surface area contributed by atoms with E-state index < -0.39 is 17.6 Å². The summed E-state index contributed by atoms with van der Waals surface area (Å²) in [6.07, 6.45) is -4.49. The first-order valence-electron chi connectivity index (χ1n) is 6.68. The van der Waals surface area contributed by atoms with Crippen molar-refractivity contribution in [2.75, 3.05) is 33.2 Å². The molecule has 4 nitrogen and oxygen atoms in total. The van der Waals surface area contributed by atoms with Crippen LogP contribution in [0.4, 0.5) is 13.2 Å². The second-order valence-electron chi connectivity index (χ2n) is 5.31. The van der Waals surface area contributed by atoms with E-state index in [4.69, 9.17) is 5.73 Å². The fourth-order valence-corrected chi connectivity index (χ4v) is 2.38. The number of primary amides is 1. The molecule has 1 aliphatic heterocycles. The highest BCUT2D eigenvalue weighted by molar-refractivity contribution is 5.93. The summed E-state index contributed by atoms with van der Waals surface area (Å²) in [6, 6.07) is 3.54. The highest BCUT2D eigenvalue weighted by atomic mass is 19.4. The van der Waals surface area contributed by atoms with Crippen LogP contribution < -0.4 is 5.73 Å². The Kier molecular flexibility index (Phi) is 4.53. The maximum absolute atomic E-state index is 13.1. The molecule has 0 spiro atoms. The van der Waals surface area contributed by atoms with Crippen molar-refractivity contribution in [3.05, 3.63) is 34.9 Å². The molecule has 2 N–H and O–H groups in total. The summed E-state index contributed by atoms with van der Waals surface area (Å²) < 4.78 is 39.4. The quantitative estimate of drug-likeness (QED) is 0.921. The summed E-state index contributed by atoms with van der Waals surface area (Å²) in [5.41, 5.74) is 4.33. The van der Waals surface area contributed by atoms with Gasteiger partial charge < -0.3 is 10.6 Å².